The predicted octanol–water partition coefficient (Wildman–Crippen LogP) is 4.32. The molecule has 1 aromatic carbocycles. The highest BCUT2D eigenvalue weighted by atomic mass is 32.1. The second-order valence-electron chi connectivity index (χ2n) is 3.85. The Hall–Kier alpha value is -1.48. The van der Waals surface area contributed by atoms with E-state index in [4.69, 9.17) is 4.74 Å². The second kappa shape index (κ2) is 5.73. The molecule has 2 nitrogen and oxygen atoms in total. The van der Waals surface area contributed by atoms with Crippen molar-refractivity contribution in [3.05, 3.63) is 46.7 Å². The molecule has 0 bridgehead atoms. The zero-order valence-electron chi connectivity index (χ0n) is 10.1. The van der Waals surface area contributed by atoms with Crippen LogP contribution in [0.2, 0.25) is 0 Å². The minimum Gasteiger partial charge on any atom is -0.497 e. The highest BCUT2D eigenvalue weighted by Crippen LogP contribution is 2.26. The number of rotatable bonds is 5. The SMILES string of the molecule is CCC(Nc1ccc(OC)cc1)c1cccs1. The van der Waals surface area contributed by atoms with Crippen molar-refractivity contribution in [2.45, 2.75) is 19.4 Å². The van der Waals surface area contributed by atoms with Gasteiger partial charge < -0.3 is 10.1 Å². The number of nitrogens with one attached hydrogen (secondary N) is 1. The van der Waals surface area contributed by atoms with Gasteiger partial charge in [-0.15, -0.1) is 11.3 Å². The summed E-state index contributed by atoms with van der Waals surface area (Å²) in [6.07, 6.45) is 1.08. The van der Waals surface area contributed by atoms with Gasteiger partial charge in [-0.2, -0.15) is 0 Å². The molecule has 0 amide bonds. The minimum absolute atomic E-state index is 0.392. The third-order valence-corrected chi connectivity index (χ3v) is 3.71. The molecule has 1 unspecified atom stereocenters. The number of thiophene rings is 1. The van der Waals surface area contributed by atoms with Crippen LogP contribution in [0, 0.1) is 0 Å². The van der Waals surface area contributed by atoms with E-state index in [0.717, 1.165) is 17.9 Å². The molecule has 1 atom stereocenters. The van der Waals surface area contributed by atoms with Crippen molar-refractivity contribution in [2.75, 3.05) is 12.4 Å². The molecular weight excluding hydrogens is 230 g/mol. The zero-order chi connectivity index (χ0) is 12.1. The Labute approximate surface area is 106 Å². The third-order valence-electron chi connectivity index (χ3n) is 2.73. The first-order valence-electron chi connectivity index (χ1n) is 5.77. The van der Waals surface area contributed by atoms with Crippen molar-refractivity contribution in [2.24, 2.45) is 0 Å². The topological polar surface area (TPSA) is 21.3 Å². The fraction of sp³-hybridized carbons (Fsp3) is 0.286. The average Bonchev–Trinajstić information content (AvgIpc) is 2.90. The lowest BCUT2D eigenvalue weighted by Gasteiger charge is -2.17. The molecule has 1 heterocycles. The molecule has 0 spiro atoms. The van der Waals surface area contributed by atoms with Gasteiger partial charge in [0.05, 0.1) is 13.2 Å². The molecule has 0 radical (unpaired) electrons. The van der Waals surface area contributed by atoms with Crippen molar-refractivity contribution >= 4 is 17.0 Å². The van der Waals surface area contributed by atoms with Gasteiger partial charge in [0.1, 0.15) is 5.75 Å². The standard InChI is InChI=1S/C14H17NOS/c1-3-13(14-5-4-10-17-14)15-11-6-8-12(16-2)9-7-11/h4-10,13,15H,3H2,1-2H3. The average molecular weight is 247 g/mol. The van der Waals surface area contributed by atoms with E-state index in [9.17, 15) is 0 Å². The van der Waals surface area contributed by atoms with Gasteiger partial charge in [-0.25, -0.2) is 0 Å². The van der Waals surface area contributed by atoms with Gasteiger partial charge in [-0.05, 0) is 42.1 Å². The molecule has 0 fully saturated rings. The molecule has 1 aromatic heterocycles. The molecular formula is C14H17NOS. The van der Waals surface area contributed by atoms with Crippen LogP contribution in [-0.2, 0) is 0 Å². The highest BCUT2D eigenvalue weighted by Gasteiger charge is 2.09. The van der Waals surface area contributed by atoms with Crippen molar-refractivity contribution in [3.8, 4) is 5.75 Å². The smallest absolute Gasteiger partial charge is 0.119 e. The predicted molar refractivity (Wildman–Crippen MR) is 74.0 cm³/mol. The van der Waals surface area contributed by atoms with Crippen LogP contribution in [0.1, 0.15) is 24.3 Å². The van der Waals surface area contributed by atoms with Crippen LogP contribution in [0.3, 0.4) is 0 Å². The van der Waals surface area contributed by atoms with Gasteiger partial charge in [0.2, 0.25) is 0 Å². The Morgan fingerprint density at radius 2 is 2.00 bits per heavy atom. The van der Waals surface area contributed by atoms with Gasteiger partial charge in [0.15, 0.2) is 0 Å². The van der Waals surface area contributed by atoms with E-state index >= 15 is 0 Å². The minimum atomic E-state index is 0.392. The lowest BCUT2D eigenvalue weighted by atomic mass is 10.1. The molecule has 1 N–H and O–H groups in total. The van der Waals surface area contributed by atoms with Crippen LogP contribution in [0.25, 0.3) is 0 Å². The van der Waals surface area contributed by atoms with E-state index in [1.165, 1.54) is 4.88 Å². The Bertz CT molecular complexity index is 436. The fourth-order valence-corrected chi connectivity index (χ4v) is 2.61. The van der Waals surface area contributed by atoms with Crippen LogP contribution < -0.4 is 10.1 Å². The van der Waals surface area contributed by atoms with Crippen molar-refractivity contribution in [3.63, 3.8) is 0 Å². The summed E-state index contributed by atoms with van der Waals surface area (Å²) in [5, 5.41) is 5.66. The number of benzene rings is 1. The number of hydrogen-bond donors (Lipinski definition) is 1. The zero-order valence-corrected chi connectivity index (χ0v) is 11.0. The molecule has 0 aliphatic heterocycles. The molecule has 2 rings (SSSR count). The first-order valence-corrected chi connectivity index (χ1v) is 6.65. The second-order valence-corrected chi connectivity index (χ2v) is 4.83. The highest BCUT2D eigenvalue weighted by molar-refractivity contribution is 7.10. The third kappa shape index (κ3) is 3.01. The van der Waals surface area contributed by atoms with Gasteiger partial charge >= 0.3 is 0 Å². The largest absolute Gasteiger partial charge is 0.497 e. The lowest BCUT2D eigenvalue weighted by molar-refractivity contribution is 0.415. The van der Waals surface area contributed by atoms with Crippen molar-refractivity contribution in [1.82, 2.24) is 0 Å². The summed E-state index contributed by atoms with van der Waals surface area (Å²) in [6.45, 7) is 2.20. The van der Waals surface area contributed by atoms with Crippen LogP contribution in [0.5, 0.6) is 5.75 Å². The van der Waals surface area contributed by atoms with E-state index in [2.05, 4.69) is 41.9 Å². The van der Waals surface area contributed by atoms with E-state index < -0.39 is 0 Å². The van der Waals surface area contributed by atoms with Crippen LogP contribution in [-0.4, -0.2) is 7.11 Å². The molecule has 0 saturated carbocycles. The summed E-state index contributed by atoms with van der Waals surface area (Å²) < 4.78 is 5.15. The maximum Gasteiger partial charge on any atom is 0.119 e. The van der Waals surface area contributed by atoms with Gasteiger partial charge in [0.25, 0.3) is 0 Å². The Kier molecular flexibility index (Phi) is 4.04. The maximum absolute atomic E-state index is 5.15. The summed E-state index contributed by atoms with van der Waals surface area (Å²) in [6, 6.07) is 12.7. The summed E-state index contributed by atoms with van der Waals surface area (Å²) in [7, 11) is 1.68. The summed E-state index contributed by atoms with van der Waals surface area (Å²) in [4.78, 5) is 1.38. The molecule has 3 heteroatoms. The lowest BCUT2D eigenvalue weighted by Crippen LogP contribution is -2.07. The number of methoxy groups -OCH3 is 1. The molecule has 2 aromatic rings. The Morgan fingerprint density at radius 3 is 2.53 bits per heavy atom. The quantitative estimate of drug-likeness (QED) is 0.849. The number of anilines is 1. The molecule has 0 aliphatic carbocycles. The summed E-state index contributed by atoms with van der Waals surface area (Å²) in [5.74, 6) is 0.889. The Balaban J connectivity index is 2.07. The molecule has 17 heavy (non-hydrogen) atoms. The molecule has 0 saturated heterocycles. The number of ether oxygens (including phenoxy) is 1. The first-order chi connectivity index (χ1) is 8.33. The van der Waals surface area contributed by atoms with E-state index in [1.54, 1.807) is 18.4 Å². The normalized spacial score (nSPS) is 12.1. The monoisotopic (exact) mass is 247 g/mol. The van der Waals surface area contributed by atoms with Crippen molar-refractivity contribution < 1.29 is 4.74 Å². The molecule has 90 valence electrons. The first kappa shape index (κ1) is 12.0. The fourth-order valence-electron chi connectivity index (χ4n) is 1.75. The van der Waals surface area contributed by atoms with Gasteiger partial charge in [-0.1, -0.05) is 13.0 Å². The van der Waals surface area contributed by atoms with Crippen LogP contribution in [0.15, 0.2) is 41.8 Å². The summed E-state index contributed by atoms with van der Waals surface area (Å²) >= 11 is 1.80. The van der Waals surface area contributed by atoms with E-state index in [-0.39, 0.29) is 0 Å². The van der Waals surface area contributed by atoms with Crippen molar-refractivity contribution in [1.29, 1.82) is 0 Å². The van der Waals surface area contributed by atoms with Crippen LogP contribution >= 0.6 is 11.3 Å². The Morgan fingerprint density at radius 1 is 1.24 bits per heavy atom. The van der Waals surface area contributed by atoms with E-state index in [0.29, 0.717) is 6.04 Å². The maximum atomic E-state index is 5.15. The molecule has 0 aliphatic rings. The summed E-state index contributed by atoms with van der Waals surface area (Å²) in [5.41, 5.74) is 1.13. The van der Waals surface area contributed by atoms with E-state index in [1.807, 2.05) is 12.1 Å². The van der Waals surface area contributed by atoms with Gasteiger partial charge in [0, 0.05) is 10.6 Å². The van der Waals surface area contributed by atoms with Crippen LogP contribution in [0.4, 0.5) is 5.69 Å². The van der Waals surface area contributed by atoms with Gasteiger partial charge in [-0.3, -0.25) is 0 Å². The number of hydrogen-bond acceptors (Lipinski definition) is 3.